The van der Waals surface area contributed by atoms with Crippen LogP contribution in [0.3, 0.4) is 0 Å². The first-order valence-electron chi connectivity index (χ1n) is 5.05. The van der Waals surface area contributed by atoms with Crippen LogP contribution in [0.4, 0.5) is 11.5 Å². The van der Waals surface area contributed by atoms with E-state index in [9.17, 15) is 0 Å². The maximum Gasteiger partial charge on any atom is 0.149 e. The van der Waals surface area contributed by atoms with Gasteiger partial charge in [-0.1, -0.05) is 13.8 Å². The van der Waals surface area contributed by atoms with Crippen LogP contribution in [0.2, 0.25) is 0 Å². The number of aryl methyl sites for hydroxylation is 1. The number of pyridine rings is 1. The molecule has 0 aromatic carbocycles. The number of hydrogen-bond donors (Lipinski definition) is 2. The van der Waals surface area contributed by atoms with E-state index in [1.54, 1.807) is 0 Å². The average molecular weight is 193 g/mol. The molecule has 3 N–H and O–H groups in total. The summed E-state index contributed by atoms with van der Waals surface area (Å²) in [6.45, 7) is 7.32. The molecule has 0 spiro atoms. The van der Waals surface area contributed by atoms with E-state index in [1.165, 1.54) is 0 Å². The second-order valence-corrected chi connectivity index (χ2v) is 4.06. The van der Waals surface area contributed by atoms with Gasteiger partial charge in [0.25, 0.3) is 0 Å². The van der Waals surface area contributed by atoms with E-state index < -0.39 is 0 Å². The molecule has 78 valence electrons. The molecule has 0 radical (unpaired) electrons. The Morgan fingerprint density at radius 1 is 1.50 bits per heavy atom. The van der Waals surface area contributed by atoms with Gasteiger partial charge in [0.2, 0.25) is 0 Å². The minimum atomic E-state index is 0.703. The van der Waals surface area contributed by atoms with E-state index >= 15 is 0 Å². The first-order chi connectivity index (χ1) is 6.59. The lowest BCUT2D eigenvalue weighted by Gasteiger charge is -2.09. The van der Waals surface area contributed by atoms with Crippen LogP contribution in [-0.4, -0.2) is 11.5 Å². The highest BCUT2D eigenvalue weighted by Gasteiger charge is 2.00. The topological polar surface area (TPSA) is 50.9 Å². The average Bonchev–Trinajstić information content (AvgIpc) is 2.08. The SMILES string of the molecule is Cc1cnc(NCCC(C)C)c(N)c1. The highest BCUT2D eigenvalue weighted by Crippen LogP contribution is 2.15. The van der Waals surface area contributed by atoms with Gasteiger partial charge in [-0.15, -0.1) is 0 Å². The van der Waals surface area contributed by atoms with Gasteiger partial charge in [-0.2, -0.15) is 0 Å². The van der Waals surface area contributed by atoms with Crippen molar-refractivity contribution in [2.24, 2.45) is 5.92 Å². The summed E-state index contributed by atoms with van der Waals surface area (Å²) in [4.78, 5) is 4.24. The molecule has 14 heavy (non-hydrogen) atoms. The van der Waals surface area contributed by atoms with Gasteiger partial charge in [-0.25, -0.2) is 4.98 Å². The lowest BCUT2D eigenvalue weighted by Crippen LogP contribution is -2.08. The number of rotatable bonds is 4. The molecule has 1 rings (SSSR count). The maximum atomic E-state index is 5.81. The molecule has 1 heterocycles. The van der Waals surface area contributed by atoms with Crippen molar-refractivity contribution >= 4 is 11.5 Å². The number of nitrogens with two attached hydrogens (primary N) is 1. The smallest absolute Gasteiger partial charge is 0.149 e. The predicted octanol–water partition coefficient (Wildman–Crippen LogP) is 2.43. The fraction of sp³-hybridized carbons (Fsp3) is 0.545. The van der Waals surface area contributed by atoms with Gasteiger partial charge in [-0.05, 0) is 30.9 Å². The molecule has 0 unspecified atom stereocenters. The molecule has 0 amide bonds. The fourth-order valence-electron chi connectivity index (χ4n) is 1.22. The van der Waals surface area contributed by atoms with E-state index in [2.05, 4.69) is 24.1 Å². The third-order valence-electron chi connectivity index (χ3n) is 2.07. The van der Waals surface area contributed by atoms with Crippen LogP contribution in [0.15, 0.2) is 12.3 Å². The van der Waals surface area contributed by atoms with Crippen molar-refractivity contribution in [1.82, 2.24) is 4.98 Å². The minimum absolute atomic E-state index is 0.703. The number of nitrogens with zero attached hydrogens (tertiary/aromatic N) is 1. The molecule has 3 heteroatoms. The number of aromatic nitrogens is 1. The fourth-order valence-corrected chi connectivity index (χ4v) is 1.22. The monoisotopic (exact) mass is 193 g/mol. The summed E-state index contributed by atoms with van der Waals surface area (Å²) in [5.74, 6) is 1.51. The number of anilines is 2. The Bertz CT molecular complexity index is 295. The standard InChI is InChI=1S/C11H19N3/c1-8(2)4-5-13-11-10(12)6-9(3)7-14-11/h6-8H,4-5,12H2,1-3H3,(H,13,14). The van der Waals surface area contributed by atoms with Crippen LogP contribution < -0.4 is 11.1 Å². The lowest BCUT2D eigenvalue weighted by atomic mass is 10.1. The van der Waals surface area contributed by atoms with Gasteiger partial charge in [0.1, 0.15) is 5.82 Å². The van der Waals surface area contributed by atoms with Crippen molar-refractivity contribution in [3.8, 4) is 0 Å². The van der Waals surface area contributed by atoms with Crippen LogP contribution in [0.1, 0.15) is 25.8 Å². The highest BCUT2D eigenvalue weighted by molar-refractivity contribution is 5.61. The zero-order valence-corrected chi connectivity index (χ0v) is 9.17. The molecule has 0 fully saturated rings. The summed E-state index contributed by atoms with van der Waals surface area (Å²) < 4.78 is 0. The maximum absolute atomic E-state index is 5.81. The Morgan fingerprint density at radius 3 is 2.79 bits per heavy atom. The van der Waals surface area contributed by atoms with Crippen molar-refractivity contribution in [3.05, 3.63) is 17.8 Å². The minimum Gasteiger partial charge on any atom is -0.396 e. The van der Waals surface area contributed by atoms with Gasteiger partial charge < -0.3 is 11.1 Å². The van der Waals surface area contributed by atoms with Crippen LogP contribution in [0.5, 0.6) is 0 Å². The Balaban J connectivity index is 2.51. The van der Waals surface area contributed by atoms with Gasteiger partial charge in [0.15, 0.2) is 0 Å². The van der Waals surface area contributed by atoms with E-state index in [4.69, 9.17) is 5.73 Å². The van der Waals surface area contributed by atoms with E-state index in [0.717, 1.165) is 30.0 Å². The Hall–Kier alpha value is -1.25. The van der Waals surface area contributed by atoms with Gasteiger partial charge in [-0.3, -0.25) is 0 Å². The van der Waals surface area contributed by atoms with E-state index in [1.807, 2.05) is 19.2 Å². The first kappa shape index (κ1) is 10.8. The van der Waals surface area contributed by atoms with Gasteiger partial charge >= 0.3 is 0 Å². The van der Waals surface area contributed by atoms with Crippen LogP contribution in [0.25, 0.3) is 0 Å². The molecule has 3 nitrogen and oxygen atoms in total. The molecule has 0 aliphatic heterocycles. The second kappa shape index (κ2) is 4.84. The molecule has 0 bridgehead atoms. The molecule has 0 saturated carbocycles. The summed E-state index contributed by atoms with van der Waals surface area (Å²) in [5.41, 5.74) is 7.64. The molecule has 0 saturated heterocycles. The van der Waals surface area contributed by atoms with Crippen molar-refractivity contribution in [3.63, 3.8) is 0 Å². The molecular weight excluding hydrogens is 174 g/mol. The van der Waals surface area contributed by atoms with Crippen molar-refractivity contribution in [2.75, 3.05) is 17.6 Å². The third-order valence-corrected chi connectivity index (χ3v) is 2.07. The molecule has 0 atom stereocenters. The van der Waals surface area contributed by atoms with Crippen molar-refractivity contribution in [1.29, 1.82) is 0 Å². The highest BCUT2D eigenvalue weighted by atomic mass is 15.0. The molecule has 1 aromatic heterocycles. The van der Waals surface area contributed by atoms with Crippen LogP contribution in [-0.2, 0) is 0 Å². The number of nitrogen functional groups attached to an aromatic ring is 1. The third kappa shape index (κ3) is 3.24. The second-order valence-electron chi connectivity index (χ2n) is 4.06. The summed E-state index contributed by atoms with van der Waals surface area (Å²) in [7, 11) is 0. The largest absolute Gasteiger partial charge is 0.396 e. The summed E-state index contributed by atoms with van der Waals surface area (Å²) >= 11 is 0. The number of hydrogen-bond acceptors (Lipinski definition) is 3. The molecule has 0 aliphatic carbocycles. The van der Waals surface area contributed by atoms with Crippen LogP contribution in [0, 0.1) is 12.8 Å². The summed E-state index contributed by atoms with van der Waals surface area (Å²) in [6.07, 6.45) is 2.96. The first-order valence-corrected chi connectivity index (χ1v) is 5.05. The Morgan fingerprint density at radius 2 is 2.21 bits per heavy atom. The molecular formula is C11H19N3. The normalized spacial score (nSPS) is 10.6. The lowest BCUT2D eigenvalue weighted by molar-refractivity contribution is 0.607. The predicted molar refractivity (Wildman–Crippen MR) is 61.3 cm³/mol. The van der Waals surface area contributed by atoms with Crippen molar-refractivity contribution < 1.29 is 0 Å². The number of nitrogens with one attached hydrogen (secondary N) is 1. The van der Waals surface area contributed by atoms with Gasteiger partial charge in [0.05, 0.1) is 5.69 Å². The zero-order chi connectivity index (χ0) is 10.6. The van der Waals surface area contributed by atoms with E-state index in [0.29, 0.717) is 5.92 Å². The molecule has 1 aromatic rings. The van der Waals surface area contributed by atoms with Crippen molar-refractivity contribution in [2.45, 2.75) is 27.2 Å². The quantitative estimate of drug-likeness (QED) is 0.772. The Labute approximate surface area is 85.7 Å². The van der Waals surface area contributed by atoms with E-state index in [-0.39, 0.29) is 0 Å². The van der Waals surface area contributed by atoms with Crippen LogP contribution >= 0.6 is 0 Å². The molecule has 0 aliphatic rings. The zero-order valence-electron chi connectivity index (χ0n) is 9.17. The van der Waals surface area contributed by atoms with Gasteiger partial charge in [0, 0.05) is 12.7 Å². The summed E-state index contributed by atoms with van der Waals surface area (Å²) in [5, 5.41) is 3.24. The Kier molecular flexibility index (Phi) is 3.74. The summed E-state index contributed by atoms with van der Waals surface area (Å²) in [6, 6.07) is 1.94.